The van der Waals surface area contributed by atoms with E-state index in [0.29, 0.717) is 12.0 Å². The van der Waals surface area contributed by atoms with E-state index in [9.17, 15) is 34.2 Å². The largest absolute Gasteiger partial charge is 0.508 e. The lowest BCUT2D eigenvalue weighted by molar-refractivity contribution is -0.143. The van der Waals surface area contributed by atoms with E-state index in [4.69, 9.17) is 10.8 Å². The lowest BCUT2D eigenvalue weighted by Crippen LogP contribution is -2.59. The SMILES string of the molecule is CCC(C)C(NC(=O)C(N)Cc1ccc(O)cc1)C(=O)NC(CS)C(=O)NC(CCC(=O)O)C(=O)O. The lowest BCUT2D eigenvalue weighted by atomic mass is 9.97. The molecule has 8 N–H and O–H groups in total. The fourth-order valence-electron chi connectivity index (χ4n) is 3.19. The Bertz CT molecular complexity index is 927. The van der Waals surface area contributed by atoms with Crippen molar-refractivity contribution in [2.45, 2.75) is 63.7 Å². The van der Waals surface area contributed by atoms with Gasteiger partial charge in [-0.05, 0) is 36.5 Å². The van der Waals surface area contributed by atoms with Crippen molar-refractivity contribution in [3.05, 3.63) is 29.8 Å². The zero-order valence-electron chi connectivity index (χ0n) is 20.1. The molecule has 0 saturated heterocycles. The van der Waals surface area contributed by atoms with Crippen LogP contribution in [0.4, 0.5) is 0 Å². The Morgan fingerprint density at radius 3 is 2.03 bits per heavy atom. The molecule has 0 aliphatic carbocycles. The van der Waals surface area contributed by atoms with Crippen LogP contribution in [0.25, 0.3) is 0 Å². The second-order valence-electron chi connectivity index (χ2n) is 8.42. The molecule has 5 unspecified atom stereocenters. The van der Waals surface area contributed by atoms with E-state index in [1.807, 2.05) is 6.92 Å². The molecule has 0 bridgehead atoms. The summed E-state index contributed by atoms with van der Waals surface area (Å²) < 4.78 is 0. The summed E-state index contributed by atoms with van der Waals surface area (Å²) in [6.45, 7) is 3.55. The molecule has 0 aliphatic heterocycles. The molecule has 36 heavy (non-hydrogen) atoms. The number of rotatable bonds is 15. The van der Waals surface area contributed by atoms with Gasteiger partial charge < -0.3 is 37.0 Å². The van der Waals surface area contributed by atoms with E-state index in [0.717, 1.165) is 0 Å². The first-order valence-corrected chi connectivity index (χ1v) is 12.0. The van der Waals surface area contributed by atoms with Crippen LogP contribution in [-0.4, -0.2) is 74.9 Å². The number of phenolic OH excluding ortho intramolecular Hbond substituents is 1. The van der Waals surface area contributed by atoms with Crippen LogP contribution in [-0.2, 0) is 30.4 Å². The minimum Gasteiger partial charge on any atom is -0.508 e. The molecule has 0 fully saturated rings. The number of hydrogen-bond donors (Lipinski definition) is 8. The molecule has 0 heterocycles. The lowest BCUT2D eigenvalue weighted by Gasteiger charge is -2.27. The first kappa shape index (κ1) is 30.7. The fraction of sp³-hybridized carbons (Fsp3) is 0.522. The first-order valence-electron chi connectivity index (χ1n) is 11.4. The maximum Gasteiger partial charge on any atom is 0.326 e. The van der Waals surface area contributed by atoms with Gasteiger partial charge in [-0.1, -0.05) is 32.4 Å². The molecule has 12 nitrogen and oxygen atoms in total. The molecule has 1 rings (SSSR count). The molecule has 1 aromatic carbocycles. The van der Waals surface area contributed by atoms with Gasteiger partial charge in [-0.25, -0.2) is 4.79 Å². The van der Waals surface area contributed by atoms with Crippen LogP contribution < -0.4 is 21.7 Å². The standard InChI is InChI=1S/C23H34N4O8S/c1-3-12(2)19(27-20(31)15(24)10-13-4-6-14(28)7-5-13)22(33)26-17(11-36)21(32)25-16(23(34)35)8-9-18(29)30/h4-7,12,15-17,19,28,36H,3,8-11,24H2,1-2H3,(H,25,32)(H,26,33)(H,27,31)(H,29,30)(H,34,35). The number of hydrogen-bond acceptors (Lipinski definition) is 8. The average molecular weight is 527 g/mol. The van der Waals surface area contributed by atoms with Gasteiger partial charge in [-0.15, -0.1) is 0 Å². The highest BCUT2D eigenvalue weighted by molar-refractivity contribution is 7.80. The maximum atomic E-state index is 13.0. The van der Waals surface area contributed by atoms with Gasteiger partial charge in [0.2, 0.25) is 17.7 Å². The summed E-state index contributed by atoms with van der Waals surface area (Å²) in [7, 11) is 0. The topological polar surface area (TPSA) is 208 Å². The zero-order valence-corrected chi connectivity index (χ0v) is 21.0. The summed E-state index contributed by atoms with van der Waals surface area (Å²) in [5, 5.41) is 34.7. The number of aromatic hydroxyl groups is 1. The Labute approximate surface area is 214 Å². The van der Waals surface area contributed by atoms with Crippen molar-refractivity contribution in [3.8, 4) is 5.75 Å². The van der Waals surface area contributed by atoms with Gasteiger partial charge in [0, 0.05) is 12.2 Å². The van der Waals surface area contributed by atoms with Crippen molar-refractivity contribution in [3.63, 3.8) is 0 Å². The number of nitrogens with two attached hydrogens (primary N) is 1. The number of amides is 3. The molecular formula is C23H34N4O8S. The molecule has 0 radical (unpaired) electrons. The second-order valence-corrected chi connectivity index (χ2v) is 8.79. The second kappa shape index (κ2) is 14.9. The predicted molar refractivity (Wildman–Crippen MR) is 133 cm³/mol. The zero-order chi connectivity index (χ0) is 27.4. The fourth-order valence-corrected chi connectivity index (χ4v) is 3.45. The Morgan fingerprint density at radius 2 is 1.53 bits per heavy atom. The number of benzene rings is 1. The van der Waals surface area contributed by atoms with Gasteiger partial charge in [-0.2, -0.15) is 12.6 Å². The molecular weight excluding hydrogens is 492 g/mol. The monoisotopic (exact) mass is 526 g/mol. The number of carbonyl (C=O) groups is 5. The molecule has 0 aromatic heterocycles. The van der Waals surface area contributed by atoms with Gasteiger partial charge >= 0.3 is 11.9 Å². The molecule has 0 saturated carbocycles. The van der Waals surface area contributed by atoms with Crippen LogP contribution >= 0.6 is 12.6 Å². The van der Waals surface area contributed by atoms with Gasteiger partial charge in [0.25, 0.3) is 0 Å². The normalized spacial score (nSPS) is 15.0. The molecule has 5 atom stereocenters. The Morgan fingerprint density at radius 1 is 0.944 bits per heavy atom. The number of nitrogens with one attached hydrogen (secondary N) is 3. The number of carbonyl (C=O) groups excluding carboxylic acids is 3. The van der Waals surface area contributed by atoms with E-state index < -0.39 is 60.2 Å². The van der Waals surface area contributed by atoms with Crippen molar-refractivity contribution < 1.29 is 39.3 Å². The minimum absolute atomic E-state index is 0.0737. The molecule has 13 heteroatoms. The highest BCUT2D eigenvalue weighted by atomic mass is 32.1. The van der Waals surface area contributed by atoms with Gasteiger partial charge in [0.05, 0.1) is 6.04 Å². The van der Waals surface area contributed by atoms with Gasteiger partial charge in [-0.3, -0.25) is 19.2 Å². The quantitative estimate of drug-likeness (QED) is 0.140. The summed E-state index contributed by atoms with van der Waals surface area (Å²) >= 11 is 4.05. The van der Waals surface area contributed by atoms with Crippen molar-refractivity contribution in [2.75, 3.05) is 5.75 Å². The molecule has 3 amide bonds. The Balaban J connectivity index is 2.87. The van der Waals surface area contributed by atoms with E-state index >= 15 is 0 Å². The molecule has 1 aromatic rings. The van der Waals surface area contributed by atoms with Crippen molar-refractivity contribution in [1.82, 2.24) is 16.0 Å². The van der Waals surface area contributed by atoms with Crippen LogP contribution in [0.5, 0.6) is 5.75 Å². The maximum absolute atomic E-state index is 13.0. The predicted octanol–water partition coefficient (Wildman–Crippen LogP) is -0.358. The smallest absolute Gasteiger partial charge is 0.326 e. The highest BCUT2D eigenvalue weighted by Gasteiger charge is 2.32. The number of aliphatic carboxylic acids is 2. The number of carboxylic acids is 2. The third-order valence-corrected chi connectivity index (χ3v) is 5.96. The highest BCUT2D eigenvalue weighted by Crippen LogP contribution is 2.12. The first-order chi connectivity index (χ1) is 16.9. The van der Waals surface area contributed by atoms with Crippen LogP contribution in [0.15, 0.2) is 24.3 Å². The number of thiol groups is 1. The number of carboxylic acid groups (broad SMARTS) is 2. The third kappa shape index (κ3) is 10.1. The summed E-state index contributed by atoms with van der Waals surface area (Å²) in [5.74, 6) is -5.19. The summed E-state index contributed by atoms with van der Waals surface area (Å²) in [6.07, 6.45) is -0.134. The molecule has 0 aliphatic rings. The molecule has 0 spiro atoms. The van der Waals surface area contributed by atoms with Crippen molar-refractivity contribution in [1.29, 1.82) is 0 Å². The van der Waals surface area contributed by atoms with E-state index in [1.165, 1.54) is 12.1 Å². The van der Waals surface area contributed by atoms with Crippen LogP contribution in [0.3, 0.4) is 0 Å². The van der Waals surface area contributed by atoms with Gasteiger partial charge in [0.15, 0.2) is 0 Å². The van der Waals surface area contributed by atoms with Crippen molar-refractivity contribution in [2.24, 2.45) is 11.7 Å². The summed E-state index contributed by atoms with van der Waals surface area (Å²) in [5.41, 5.74) is 6.72. The van der Waals surface area contributed by atoms with Crippen molar-refractivity contribution >= 4 is 42.3 Å². The van der Waals surface area contributed by atoms with E-state index in [2.05, 4.69) is 28.6 Å². The average Bonchev–Trinajstić information content (AvgIpc) is 2.83. The summed E-state index contributed by atoms with van der Waals surface area (Å²) in [4.78, 5) is 60.4. The van der Waals surface area contributed by atoms with Crippen LogP contribution in [0.1, 0.15) is 38.7 Å². The van der Waals surface area contributed by atoms with Crippen LogP contribution in [0, 0.1) is 5.92 Å². The van der Waals surface area contributed by atoms with E-state index in [-0.39, 0.29) is 30.3 Å². The molecule has 200 valence electrons. The van der Waals surface area contributed by atoms with E-state index in [1.54, 1.807) is 19.1 Å². The van der Waals surface area contributed by atoms with Gasteiger partial charge in [0.1, 0.15) is 23.9 Å². The Hall–Kier alpha value is -3.32. The number of phenols is 1. The van der Waals surface area contributed by atoms with Crippen LogP contribution in [0.2, 0.25) is 0 Å². The summed E-state index contributed by atoms with van der Waals surface area (Å²) in [6, 6.07) is 1.46. The minimum atomic E-state index is -1.46. The Kier molecular flexibility index (Phi) is 12.7. The third-order valence-electron chi connectivity index (χ3n) is 5.60.